The Morgan fingerprint density at radius 1 is 1.47 bits per heavy atom. The SMILES string of the molecule is CNC(c1ncc(Br)cc1Br)C1CCC1. The van der Waals surface area contributed by atoms with E-state index in [1.54, 1.807) is 0 Å². The molecule has 0 aromatic carbocycles. The lowest BCUT2D eigenvalue weighted by molar-refractivity contribution is 0.235. The smallest absolute Gasteiger partial charge is 0.0718 e. The largest absolute Gasteiger partial charge is 0.311 e. The van der Waals surface area contributed by atoms with Gasteiger partial charge >= 0.3 is 0 Å². The van der Waals surface area contributed by atoms with E-state index in [1.165, 1.54) is 19.3 Å². The number of hydrogen-bond acceptors (Lipinski definition) is 2. The van der Waals surface area contributed by atoms with Gasteiger partial charge in [0.25, 0.3) is 0 Å². The van der Waals surface area contributed by atoms with Crippen LogP contribution in [0.4, 0.5) is 0 Å². The maximum atomic E-state index is 4.50. The molecule has 1 heterocycles. The maximum Gasteiger partial charge on any atom is 0.0718 e. The summed E-state index contributed by atoms with van der Waals surface area (Å²) in [6.07, 6.45) is 5.85. The van der Waals surface area contributed by atoms with Crippen molar-refractivity contribution in [3.63, 3.8) is 0 Å². The van der Waals surface area contributed by atoms with Crippen molar-refractivity contribution < 1.29 is 0 Å². The molecule has 0 aliphatic heterocycles. The van der Waals surface area contributed by atoms with Gasteiger partial charge in [0.1, 0.15) is 0 Å². The van der Waals surface area contributed by atoms with Crippen LogP contribution >= 0.6 is 31.9 Å². The van der Waals surface area contributed by atoms with Crippen molar-refractivity contribution in [3.05, 3.63) is 26.9 Å². The lowest BCUT2D eigenvalue weighted by Gasteiger charge is -2.33. The number of nitrogens with zero attached hydrogens (tertiary/aromatic N) is 1. The zero-order valence-corrected chi connectivity index (χ0v) is 11.8. The quantitative estimate of drug-likeness (QED) is 0.912. The van der Waals surface area contributed by atoms with Crippen molar-refractivity contribution in [1.29, 1.82) is 0 Å². The first kappa shape index (κ1) is 11.6. The average Bonchev–Trinajstić information content (AvgIpc) is 2.12. The molecule has 15 heavy (non-hydrogen) atoms. The Kier molecular flexibility index (Phi) is 3.80. The van der Waals surface area contributed by atoms with E-state index in [-0.39, 0.29) is 0 Å². The highest BCUT2D eigenvalue weighted by molar-refractivity contribution is 9.11. The summed E-state index contributed by atoms with van der Waals surface area (Å²) in [7, 11) is 2.01. The third-order valence-electron chi connectivity index (χ3n) is 3.06. The molecule has 1 saturated carbocycles. The summed E-state index contributed by atoms with van der Waals surface area (Å²) in [5, 5.41) is 3.37. The van der Waals surface area contributed by atoms with Gasteiger partial charge < -0.3 is 5.32 Å². The Balaban J connectivity index is 2.25. The van der Waals surface area contributed by atoms with Gasteiger partial charge in [-0.1, -0.05) is 6.42 Å². The van der Waals surface area contributed by atoms with Gasteiger partial charge in [-0.05, 0) is 63.7 Å². The molecule has 1 atom stereocenters. The number of hydrogen-bond donors (Lipinski definition) is 1. The molecule has 1 aromatic heterocycles. The highest BCUT2D eigenvalue weighted by atomic mass is 79.9. The average molecular weight is 334 g/mol. The Bertz CT molecular complexity index is 350. The summed E-state index contributed by atoms with van der Waals surface area (Å²) >= 11 is 7.00. The normalized spacial score (nSPS) is 18.6. The Morgan fingerprint density at radius 3 is 2.67 bits per heavy atom. The Labute approximate surface area is 107 Å². The van der Waals surface area contributed by atoms with Crippen LogP contribution in [0.2, 0.25) is 0 Å². The van der Waals surface area contributed by atoms with Crippen LogP contribution in [-0.2, 0) is 0 Å². The molecular weight excluding hydrogens is 320 g/mol. The second-order valence-electron chi connectivity index (χ2n) is 3.98. The van der Waals surface area contributed by atoms with Gasteiger partial charge in [0.2, 0.25) is 0 Å². The molecule has 2 nitrogen and oxygen atoms in total. The van der Waals surface area contributed by atoms with E-state index in [0.717, 1.165) is 20.6 Å². The van der Waals surface area contributed by atoms with E-state index < -0.39 is 0 Å². The number of rotatable bonds is 3. The van der Waals surface area contributed by atoms with E-state index >= 15 is 0 Å². The van der Waals surface area contributed by atoms with Crippen molar-refractivity contribution in [2.24, 2.45) is 5.92 Å². The molecule has 1 unspecified atom stereocenters. The second kappa shape index (κ2) is 4.93. The van der Waals surface area contributed by atoms with Crippen LogP contribution in [0, 0.1) is 5.92 Å². The Morgan fingerprint density at radius 2 is 2.20 bits per heavy atom. The van der Waals surface area contributed by atoms with Crippen LogP contribution in [0.25, 0.3) is 0 Å². The molecular formula is C11H14Br2N2. The van der Waals surface area contributed by atoms with Crippen molar-refractivity contribution >= 4 is 31.9 Å². The number of pyridine rings is 1. The molecule has 0 spiro atoms. The van der Waals surface area contributed by atoms with Crippen LogP contribution in [0.15, 0.2) is 21.2 Å². The van der Waals surface area contributed by atoms with E-state index in [0.29, 0.717) is 6.04 Å². The van der Waals surface area contributed by atoms with Crippen LogP contribution < -0.4 is 5.32 Å². The molecule has 1 N–H and O–H groups in total. The molecule has 0 amide bonds. The first-order valence-corrected chi connectivity index (χ1v) is 6.79. The molecule has 2 rings (SSSR count). The molecule has 1 fully saturated rings. The van der Waals surface area contributed by atoms with Gasteiger partial charge in [-0.15, -0.1) is 0 Å². The Hall–Kier alpha value is 0.0700. The highest BCUT2D eigenvalue weighted by Gasteiger charge is 2.29. The minimum Gasteiger partial charge on any atom is -0.311 e. The van der Waals surface area contributed by atoms with Crippen LogP contribution in [0.1, 0.15) is 31.0 Å². The molecule has 1 aromatic rings. The van der Waals surface area contributed by atoms with Crippen LogP contribution in [0.5, 0.6) is 0 Å². The first-order valence-electron chi connectivity index (χ1n) is 5.20. The minimum absolute atomic E-state index is 0.390. The number of nitrogens with one attached hydrogen (secondary N) is 1. The van der Waals surface area contributed by atoms with Gasteiger partial charge in [-0.25, -0.2) is 0 Å². The minimum atomic E-state index is 0.390. The zero-order valence-electron chi connectivity index (χ0n) is 8.63. The van der Waals surface area contributed by atoms with Gasteiger partial charge in [-0.3, -0.25) is 4.98 Å². The third kappa shape index (κ3) is 2.43. The summed E-state index contributed by atoms with van der Waals surface area (Å²) in [6.45, 7) is 0. The molecule has 1 aliphatic carbocycles. The van der Waals surface area contributed by atoms with Gasteiger partial charge in [0, 0.05) is 15.1 Å². The van der Waals surface area contributed by atoms with Crippen LogP contribution in [0.3, 0.4) is 0 Å². The number of halogens is 2. The molecule has 0 saturated heterocycles. The van der Waals surface area contributed by atoms with E-state index in [1.807, 2.05) is 13.2 Å². The molecule has 82 valence electrons. The topological polar surface area (TPSA) is 24.9 Å². The van der Waals surface area contributed by atoms with Crippen molar-refractivity contribution in [2.75, 3.05) is 7.05 Å². The predicted molar refractivity (Wildman–Crippen MR) is 68.8 cm³/mol. The van der Waals surface area contributed by atoms with Crippen molar-refractivity contribution in [2.45, 2.75) is 25.3 Å². The van der Waals surface area contributed by atoms with E-state index in [2.05, 4.69) is 48.2 Å². The lowest BCUT2D eigenvalue weighted by atomic mass is 9.78. The van der Waals surface area contributed by atoms with E-state index in [9.17, 15) is 0 Å². The summed E-state index contributed by atoms with van der Waals surface area (Å²) < 4.78 is 2.10. The standard InChI is InChI=1S/C11H14Br2N2/c1-14-10(7-3-2-4-7)11-9(13)5-8(12)6-15-11/h5-7,10,14H,2-4H2,1H3. The van der Waals surface area contributed by atoms with Crippen molar-refractivity contribution in [3.8, 4) is 0 Å². The second-order valence-corrected chi connectivity index (χ2v) is 5.75. The predicted octanol–water partition coefficient (Wildman–Crippen LogP) is 3.67. The molecule has 0 bridgehead atoms. The van der Waals surface area contributed by atoms with Crippen LogP contribution in [-0.4, -0.2) is 12.0 Å². The van der Waals surface area contributed by atoms with Gasteiger partial charge in [0.15, 0.2) is 0 Å². The monoisotopic (exact) mass is 332 g/mol. The van der Waals surface area contributed by atoms with Gasteiger partial charge in [-0.2, -0.15) is 0 Å². The van der Waals surface area contributed by atoms with Crippen molar-refractivity contribution in [1.82, 2.24) is 10.3 Å². The first-order chi connectivity index (χ1) is 7.22. The molecule has 1 aliphatic rings. The fourth-order valence-electron chi connectivity index (χ4n) is 2.02. The van der Waals surface area contributed by atoms with Gasteiger partial charge in [0.05, 0.1) is 11.7 Å². The highest BCUT2D eigenvalue weighted by Crippen LogP contribution is 2.39. The summed E-state index contributed by atoms with van der Waals surface area (Å²) in [5.74, 6) is 0.750. The fraction of sp³-hybridized carbons (Fsp3) is 0.545. The third-order valence-corrected chi connectivity index (χ3v) is 4.13. The summed E-state index contributed by atoms with van der Waals surface area (Å²) in [4.78, 5) is 4.50. The number of aromatic nitrogens is 1. The summed E-state index contributed by atoms with van der Waals surface area (Å²) in [6, 6.07) is 2.45. The maximum absolute atomic E-state index is 4.50. The fourth-order valence-corrected chi connectivity index (χ4v) is 3.26. The van der Waals surface area contributed by atoms with E-state index in [4.69, 9.17) is 0 Å². The molecule has 0 radical (unpaired) electrons. The zero-order chi connectivity index (χ0) is 10.8. The summed E-state index contributed by atoms with van der Waals surface area (Å²) in [5.41, 5.74) is 1.13. The lowest BCUT2D eigenvalue weighted by Crippen LogP contribution is -2.30. The molecule has 4 heteroatoms.